The first-order chi connectivity index (χ1) is 13.3. The number of benzene rings is 2. The molecule has 0 saturated carbocycles. The van der Waals surface area contributed by atoms with Gasteiger partial charge in [0.2, 0.25) is 0 Å². The van der Waals surface area contributed by atoms with Crippen LogP contribution in [0, 0.1) is 0 Å². The van der Waals surface area contributed by atoms with Crippen LogP contribution in [0.5, 0.6) is 5.75 Å². The van der Waals surface area contributed by atoms with Crippen molar-refractivity contribution in [3.05, 3.63) is 48.0 Å². The first-order valence-electron chi connectivity index (χ1n) is 8.74. The Labute approximate surface area is 160 Å². The number of carboxylic acid groups (broad SMARTS) is 1. The van der Waals surface area contributed by atoms with Gasteiger partial charge >= 0.3 is 12.1 Å². The number of aliphatic carboxylic acids is 1. The number of carbonyl (C=O) groups is 1. The molecule has 2 aromatic rings. The number of halogens is 3. The van der Waals surface area contributed by atoms with Crippen molar-refractivity contribution in [1.82, 2.24) is 0 Å². The van der Waals surface area contributed by atoms with Crippen molar-refractivity contribution < 1.29 is 32.5 Å². The summed E-state index contributed by atoms with van der Waals surface area (Å²) in [5.74, 6) is -0.611. The molecule has 0 aliphatic carbocycles. The molecule has 1 aliphatic rings. The van der Waals surface area contributed by atoms with Crippen LogP contribution in [0.2, 0.25) is 0 Å². The van der Waals surface area contributed by atoms with Gasteiger partial charge in [0.15, 0.2) is 0 Å². The molecular formula is C20H20F3NO4. The van der Waals surface area contributed by atoms with E-state index in [0.29, 0.717) is 42.1 Å². The Hall–Kier alpha value is -2.74. The molecule has 2 aromatic carbocycles. The van der Waals surface area contributed by atoms with Gasteiger partial charge in [-0.3, -0.25) is 0 Å². The minimum Gasteiger partial charge on any atom is -0.491 e. The predicted octanol–water partition coefficient (Wildman–Crippen LogP) is 4.06. The number of ether oxygens (including phenoxy) is 2. The van der Waals surface area contributed by atoms with Crippen LogP contribution in [0.25, 0.3) is 11.1 Å². The van der Waals surface area contributed by atoms with Gasteiger partial charge in [0, 0.05) is 24.9 Å². The third-order valence-corrected chi connectivity index (χ3v) is 4.65. The molecule has 8 heteroatoms. The van der Waals surface area contributed by atoms with Crippen LogP contribution in [-0.2, 0) is 15.7 Å². The highest BCUT2D eigenvalue weighted by molar-refractivity contribution is 5.82. The van der Waals surface area contributed by atoms with Crippen LogP contribution < -0.4 is 9.64 Å². The zero-order valence-electron chi connectivity index (χ0n) is 15.2. The number of hydrogen-bond donors (Lipinski definition) is 1. The van der Waals surface area contributed by atoms with E-state index in [4.69, 9.17) is 9.47 Å². The summed E-state index contributed by atoms with van der Waals surface area (Å²) in [7, 11) is 1.51. The van der Waals surface area contributed by atoms with Crippen molar-refractivity contribution in [2.75, 3.05) is 31.8 Å². The summed E-state index contributed by atoms with van der Waals surface area (Å²) >= 11 is 0. The average molecular weight is 395 g/mol. The largest absolute Gasteiger partial charge is 0.491 e. The molecule has 150 valence electrons. The SMILES string of the molecule is COCCOc1ccc(C(F)(F)F)cc1-c1cccc(N2CCC2C(=O)O)c1. The maximum atomic E-state index is 13.2. The highest BCUT2D eigenvalue weighted by Crippen LogP contribution is 2.39. The Morgan fingerprint density at radius 1 is 1.21 bits per heavy atom. The molecule has 1 unspecified atom stereocenters. The van der Waals surface area contributed by atoms with Crippen LogP contribution in [0.3, 0.4) is 0 Å². The van der Waals surface area contributed by atoms with Crippen LogP contribution >= 0.6 is 0 Å². The van der Waals surface area contributed by atoms with Gasteiger partial charge in [-0.2, -0.15) is 13.2 Å². The Balaban J connectivity index is 1.98. The average Bonchev–Trinajstić information content (AvgIpc) is 2.60. The van der Waals surface area contributed by atoms with Crippen molar-refractivity contribution in [3.8, 4) is 16.9 Å². The topological polar surface area (TPSA) is 59.0 Å². The van der Waals surface area contributed by atoms with Gasteiger partial charge in [-0.25, -0.2) is 4.79 Å². The van der Waals surface area contributed by atoms with E-state index in [1.165, 1.54) is 13.2 Å². The van der Waals surface area contributed by atoms with Crippen LogP contribution in [0.4, 0.5) is 18.9 Å². The normalized spacial score (nSPS) is 16.6. The second-order valence-corrected chi connectivity index (χ2v) is 6.44. The lowest BCUT2D eigenvalue weighted by Gasteiger charge is -2.40. The molecule has 0 bridgehead atoms. The summed E-state index contributed by atoms with van der Waals surface area (Å²) in [4.78, 5) is 13.0. The molecule has 28 heavy (non-hydrogen) atoms. The number of alkyl halides is 3. The summed E-state index contributed by atoms with van der Waals surface area (Å²) < 4.78 is 50.1. The molecular weight excluding hydrogens is 375 g/mol. The molecule has 1 heterocycles. The summed E-state index contributed by atoms with van der Waals surface area (Å²) in [5.41, 5.74) is 0.683. The van der Waals surface area contributed by atoms with E-state index in [-0.39, 0.29) is 6.61 Å². The maximum Gasteiger partial charge on any atom is 0.416 e. The van der Waals surface area contributed by atoms with E-state index in [1.807, 2.05) is 0 Å². The van der Waals surface area contributed by atoms with Crippen molar-refractivity contribution in [2.45, 2.75) is 18.6 Å². The van der Waals surface area contributed by atoms with E-state index in [9.17, 15) is 23.1 Å². The molecule has 1 saturated heterocycles. The Kier molecular flexibility index (Phi) is 5.79. The lowest BCUT2D eigenvalue weighted by Crippen LogP contribution is -2.52. The quantitative estimate of drug-likeness (QED) is 0.717. The van der Waals surface area contributed by atoms with Gasteiger partial charge in [-0.15, -0.1) is 0 Å². The fourth-order valence-electron chi connectivity index (χ4n) is 3.10. The molecule has 5 nitrogen and oxygen atoms in total. The summed E-state index contributed by atoms with van der Waals surface area (Å²) in [6, 6.07) is 9.51. The van der Waals surface area contributed by atoms with Crippen molar-refractivity contribution in [2.24, 2.45) is 0 Å². The predicted molar refractivity (Wildman–Crippen MR) is 97.6 cm³/mol. The van der Waals surface area contributed by atoms with Gasteiger partial charge in [-0.05, 0) is 42.3 Å². The summed E-state index contributed by atoms with van der Waals surface area (Å²) in [5, 5.41) is 9.24. The van der Waals surface area contributed by atoms with Crippen LogP contribution in [-0.4, -0.2) is 44.0 Å². The minimum absolute atomic E-state index is 0.196. The second-order valence-electron chi connectivity index (χ2n) is 6.44. The van der Waals surface area contributed by atoms with Gasteiger partial charge < -0.3 is 19.5 Å². The van der Waals surface area contributed by atoms with E-state index in [2.05, 4.69) is 0 Å². The Bertz CT molecular complexity index is 854. The highest BCUT2D eigenvalue weighted by Gasteiger charge is 2.34. The van der Waals surface area contributed by atoms with Gasteiger partial charge in [-0.1, -0.05) is 12.1 Å². The van der Waals surface area contributed by atoms with Gasteiger partial charge in [0.05, 0.1) is 12.2 Å². The van der Waals surface area contributed by atoms with Crippen molar-refractivity contribution in [1.29, 1.82) is 0 Å². The number of rotatable bonds is 7. The smallest absolute Gasteiger partial charge is 0.416 e. The molecule has 3 rings (SSSR count). The summed E-state index contributed by atoms with van der Waals surface area (Å²) in [6.07, 6.45) is -3.95. The van der Waals surface area contributed by atoms with Crippen LogP contribution in [0.1, 0.15) is 12.0 Å². The number of anilines is 1. The first-order valence-corrected chi connectivity index (χ1v) is 8.74. The maximum absolute atomic E-state index is 13.2. The van der Waals surface area contributed by atoms with Crippen molar-refractivity contribution >= 4 is 11.7 Å². The molecule has 1 N–H and O–H groups in total. The second kappa shape index (κ2) is 8.10. The lowest BCUT2D eigenvalue weighted by atomic mass is 9.98. The number of carboxylic acids is 1. The molecule has 1 atom stereocenters. The minimum atomic E-state index is -4.48. The standard InChI is InChI=1S/C20H20F3NO4/c1-27-9-10-28-18-6-5-14(20(21,22)23)12-16(18)13-3-2-4-15(11-13)24-8-7-17(24)19(25)26/h2-6,11-12,17H,7-10H2,1H3,(H,25,26). The fourth-order valence-corrected chi connectivity index (χ4v) is 3.10. The lowest BCUT2D eigenvalue weighted by molar-refractivity contribution is -0.140. The third-order valence-electron chi connectivity index (χ3n) is 4.65. The zero-order chi connectivity index (χ0) is 20.3. The number of hydrogen-bond acceptors (Lipinski definition) is 4. The Morgan fingerprint density at radius 3 is 2.61 bits per heavy atom. The number of methoxy groups -OCH3 is 1. The third kappa shape index (κ3) is 4.22. The molecule has 0 spiro atoms. The molecule has 0 aromatic heterocycles. The Morgan fingerprint density at radius 2 is 2.00 bits per heavy atom. The first kappa shape index (κ1) is 20.0. The fraction of sp³-hybridized carbons (Fsp3) is 0.350. The van der Waals surface area contributed by atoms with E-state index in [0.717, 1.165) is 12.1 Å². The van der Waals surface area contributed by atoms with Crippen LogP contribution in [0.15, 0.2) is 42.5 Å². The number of nitrogens with zero attached hydrogens (tertiary/aromatic N) is 1. The molecule has 1 fully saturated rings. The van der Waals surface area contributed by atoms with E-state index < -0.39 is 23.8 Å². The molecule has 1 aliphatic heterocycles. The van der Waals surface area contributed by atoms with E-state index in [1.54, 1.807) is 29.2 Å². The molecule has 0 amide bonds. The zero-order valence-corrected chi connectivity index (χ0v) is 15.2. The van der Waals surface area contributed by atoms with E-state index >= 15 is 0 Å². The monoisotopic (exact) mass is 395 g/mol. The van der Waals surface area contributed by atoms with Gasteiger partial charge in [0.25, 0.3) is 0 Å². The highest BCUT2D eigenvalue weighted by atomic mass is 19.4. The summed E-state index contributed by atoms with van der Waals surface area (Å²) in [6.45, 7) is 1.08. The van der Waals surface area contributed by atoms with Gasteiger partial charge in [0.1, 0.15) is 18.4 Å². The van der Waals surface area contributed by atoms with Crippen molar-refractivity contribution in [3.63, 3.8) is 0 Å². The molecule has 0 radical (unpaired) electrons.